The van der Waals surface area contributed by atoms with Crippen molar-refractivity contribution >= 4 is 23.5 Å². The highest BCUT2D eigenvalue weighted by molar-refractivity contribution is 7.99. The van der Waals surface area contributed by atoms with Gasteiger partial charge in [0.15, 0.2) is 5.78 Å². The minimum absolute atomic E-state index is 0.0112. The Kier molecular flexibility index (Phi) is 6.20. The third kappa shape index (κ3) is 5.33. The second kappa shape index (κ2) is 7.43. The third-order valence-corrected chi connectivity index (χ3v) is 3.76. The number of aryl methyl sites for hydroxylation is 2. The van der Waals surface area contributed by atoms with Gasteiger partial charge in [-0.1, -0.05) is 25.6 Å². The SMILES string of the molecule is CC(=O)C(NC(=O)CSc1cc(C)cc(C)n1)C(C)C. The molecule has 20 heavy (non-hydrogen) atoms. The lowest BCUT2D eigenvalue weighted by Gasteiger charge is -2.19. The zero-order valence-electron chi connectivity index (χ0n) is 12.7. The van der Waals surface area contributed by atoms with Crippen LogP contribution in [0.4, 0.5) is 0 Å². The number of carbonyl (C=O) groups excluding carboxylic acids is 2. The maximum absolute atomic E-state index is 11.9. The quantitative estimate of drug-likeness (QED) is 0.819. The molecule has 0 saturated heterocycles. The van der Waals surface area contributed by atoms with Crippen molar-refractivity contribution in [2.24, 2.45) is 5.92 Å². The summed E-state index contributed by atoms with van der Waals surface area (Å²) in [5, 5.41) is 3.61. The Morgan fingerprint density at radius 1 is 1.30 bits per heavy atom. The van der Waals surface area contributed by atoms with Crippen LogP contribution in [0.5, 0.6) is 0 Å². The summed E-state index contributed by atoms with van der Waals surface area (Å²) in [6.07, 6.45) is 0. The van der Waals surface area contributed by atoms with E-state index in [4.69, 9.17) is 0 Å². The zero-order chi connectivity index (χ0) is 15.3. The van der Waals surface area contributed by atoms with Gasteiger partial charge in [-0.15, -0.1) is 0 Å². The second-order valence-electron chi connectivity index (χ2n) is 5.31. The predicted octanol–water partition coefficient (Wildman–Crippen LogP) is 2.52. The third-order valence-electron chi connectivity index (χ3n) is 2.85. The van der Waals surface area contributed by atoms with Gasteiger partial charge < -0.3 is 5.32 Å². The van der Waals surface area contributed by atoms with Gasteiger partial charge in [-0.2, -0.15) is 0 Å². The minimum Gasteiger partial charge on any atom is -0.345 e. The van der Waals surface area contributed by atoms with Crippen LogP contribution in [0, 0.1) is 19.8 Å². The van der Waals surface area contributed by atoms with E-state index in [-0.39, 0.29) is 23.4 Å². The number of rotatable bonds is 6. The van der Waals surface area contributed by atoms with Crippen molar-refractivity contribution < 1.29 is 9.59 Å². The van der Waals surface area contributed by atoms with Gasteiger partial charge in [-0.25, -0.2) is 4.98 Å². The van der Waals surface area contributed by atoms with Gasteiger partial charge in [0, 0.05) is 5.69 Å². The van der Waals surface area contributed by atoms with Gasteiger partial charge in [0.2, 0.25) is 5.91 Å². The number of pyridine rings is 1. The molecule has 0 aliphatic heterocycles. The van der Waals surface area contributed by atoms with Gasteiger partial charge in [0.25, 0.3) is 0 Å². The lowest BCUT2D eigenvalue weighted by molar-refractivity contribution is -0.126. The van der Waals surface area contributed by atoms with Crippen LogP contribution >= 0.6 is 11.8 Å². The molecule has 5 heteroatoms. The summed E-state index contributed by atoms with van der Waals surface area (Å²) in [7, 11) is 0. The summed E-state index contributed by atoms with van der Waals surface area (Å²) in [5.41, 5.74) is 2.07. The topological polar surface area (TPSA) is 59.1 Å². The van der Waals surface area contributed by atoms with Gasteiger partial charge in [0.1, 0.15) is 0 Å². The highest BCUT2D eigenvalue weighted by atomic mass is 32.2. The molecule has 0 radical (unpaired) electrons. The molecule has 1 amide bonds. The van der Waals surface area contributed by atoms with Crippen LogP contribution in [0.15, 0.2) is 17.2 Å². The van der Waals surface area contributed by atoms with Gasteiger partial charge in [-0.05, 0) is 44.4 Å². The monoisotopic (exact) mass is 294 g/mol. The van der Waals surface area contributed by atoms with E-state index in [0.29, 0.717) is 0 Å². The molecule has 0 bridgehead atoms. The molecule has 0 spiro atoms. The Morgan fingerprint density at radius 3 is 2.45 bits per heavy atom. The highest BCUT2D eigenvalue weighted by Crippen LogP contribution is 2.17. The molecule has 4 nitrogen and oxygen atoms in total. The molecule has 0 fully saturated rings. The molecule has 1 rings (SSSR count). The van der Waals surface area contributed by atoms with Crippen molar-refractivity contribution in [2.45, 2.75) is 45.7 Å². The molecule has 1 unspecified atom stereocenters. The molecular formula is C15H22N2O2S. The number of amides is 1. The van der Waals surface area contributed by atoms with Crippen LogP contribution in [0.1, 0.15) is 32.0 Å². The summed E-state index contributed by atoms with van der Waals surface area (Å²) >= 11 is 1.39. The minimum atomic E-state index is -0.407. The van der Waals surface area contributed by atoms with Gasteiger partial charge >= 0.3 is 0 Å². The molecule has 1 aromatic heterocycles. The Bertz CT molecular complexity index is 480. The average Bonchev–Trinajstić information content (AvgIpc) is 2.31. The van der Waals surface area contributed by atoms with Crippen LogP contribution < -0.4 is 5.32 Å². The number of hydrogen-bond acceptors (Lipinski definition) is 4. The lowest BCUT2D eigenvalue weighted by Crippen LogP contribution is -2.44. The molecule has 1 heterocycles. The maximum atomic E-state index is 11.9. The number of hydrogen-bond donors (Lipinski definition) is 1. The first-order valence-electron chi connectivity index (χ1n) is 6.67. The van der Waals surface area contributed by atoms with E-state index >= 15 is 0 Å². The fourth-order valence-electron chi connectivity index (χ4n) is 1.97. The summed E-state index contributed by atoms with van der Waals surface area (Å²) in [6, 6.07) is 3.54. The zero-order valence-corrected chi connectivity index (χ0v) is 13.5. The predicted molar refractivity (Wildman–Crippen MR) is 81.9 cm³/mol. The summed E-state index contributed by atoms with van der Waals surface area (Å²) in [4.78, 5) is 27.7. The Labute approximate surface area is 124 Å². The number of carbonyl (C=O) groups is 2. The van der Waals surface area contributed by atoms with E-state index in [1.165, 1.54) is 18.7 Å². The van der Waals surface area contributed by atoms with Crippen LogP contribution in [0.3, 0.4) is 0 Å². The Balaban J connectivity index is 2.56. The van der Waals surface area contributed by atoms with E-state index in [2.05, 4.69) is 10.3 Å². The van der Waals surface area contributed by atoms with Crippen molar-refractivity contribution in [3.8, 4) is 0 Å². The van der Waals surface area contributed by atoms with E-state index < -0.39 is 6.04 Å². The molecule has 0 aliphatic rings. The first-order valence-corrected chi connectivity index (χ1v) is 7.66. The number of ketones is 1. The standard InChI is InChI=1S/C15H22N2O2S/c1-9(2)15(12(5)18)17-13(19)8-20-14-7-10(3)6-11(4)16-14/h6-7,9,15H,8H2,1-5H3,(H,17,19). The number of Topliss-reactive ketones (excluding diaryl/α,β-unsaturated/α-hetero) is 1. The van der Waals surface area contributed by atoms with Crippen molar-refractivity contribution in [3.05, 3.63) is 23.4 Å². The molecule has 110 valence electrons. The number of thioether (sulfide) groups is 1. The van der Waals surface area contributed by atoms with Crippen molar-refractivity contribution in [1.82, 2.24) is 10.3 Å². The van der Waals surface area contributed by atoms with Gasteiger partial charge in [0.05, 0.1) is 16.8 Å². The summed E-state index contributed by atoms with van der Waals surface area (Å²) < 4.78 is 0. The summed E-state index contributed by atoms with van der Waals surface area (Å²) in [6.45, 7) is 9.28. The van der Waals surface area contributed by atoms with Crippen LogP contribution in [-0.2, 0) is 9.59 Å². The van der Waals surface area contributed by atoms with Crippen LogP contribution in [0.25, 0.3) is 0 Å². The van der Waals surface area contributed by atoms with Crippen LogP contribution in [0.2, 0.25) is 0 Å². The number of nitrogens with zero attached hydrogens (tertiary/aromatic N) is 1. The summed E-state index contributed by atoms with van der Waals surface area (Å²) in [5.74, 6) is 0.223. The molecule has 0 saturated carbocycles. The molecule has 1 aromatic rings. The Morgan fingerprint density at radius 2 is 1.95 bits per heavy atom. The van der Waals surface area contributed by atoms with Crippen LogP contribution in [-0.4, -0.2) is 28.5 Å². The first-order chi connectivity index (χ1) is 9.29. The molecule has 0 aliphatic carbocycles. The van der Waals surface area contributed by atoms with Crippen molar-refractivity contribution in [3.63, 3.8) is 0 Å². The van der Waals surface area contributed by atoms with Gasteiger partial charge in [-0.3, -0.25) is 9.59 Å². The fraction of sp³-hybridized carbons (Fsp3) is 0.533. The smallest absolute Gasteiger partial charge is 0.231 e. The molecule has 1 N–H and O–H groups in total. The van der Waals surface area contributed by atoms with E-state index in [1.54, 1.807) is 0 Å². The molecule has 0 aromatic carbocycles. The highest BCUT2D eigenvalue weighted by Gasteiger charge is 2.20. The number of nitrogens with one attached hydrogen (secondary N) is 1. The average molecular weight is 294 g/mol. The fourth-order valence-corrected chi connectivity index (χ4v) is 2.81. The molecule has 1 atom stereocenters. The van der Waals surface area contributed by atoms with Crippen molar-refractivity contribution in [2.75, 3.05) is 5.75 Å². The largest absolute Gasteiger partial charge is 0.345 e. The maximum Gasteiger partial charge on any atom is 0.231 e. The first kappa shape index (κ1) is 16.7. The lowest BCUT2D eigenvalue weighted by atomic mass is 10.0. The molecular weight excluding hydrogens is 272 g/mol. The van der Waals surface area contributed by atoms with E-state index in [1.807, 2.05) is 39.8 Å². The Hall–Kier alpha value is -1.36. The number of aromatic nitrogens is 1. The van der Waals surface area contributed by atoms with Crippen molar-refractivity contribution in [1.29, 1.82) is 0 Å². The normalized spacial score (nSPS) is 12.3. The van der Waals surface area contributed by atoms with E-state index in [0.717, 1.165) is 16.3 Å². The van der Waals surface area contributed by atoms with E-state index in [9.17, 15) is 9.59 Å². The second-order valence-corrected chi connectivity index (χ2v) is 6.31.